The molecule has 1 aliphatic carbocycles. The third-order valence-electron chi connectivity index (χ3n) is 5.62. The highest BCUT2D eigenvalue weighted by molar-refractivity contribution is 5.76. The molecule has 0 spiro atoms. The molecule has 0 saturated carbocycles. The van der Waals surface area contributed by atoms with Crippen LogP contribution >= 0.6 is 0 Å². The smallest absolute Gasteiger partial charge is 0.267 e. The Kier molecular flexibility index (Phi) is 5.32. The van der Waals surface area contributed by atoms with Gasteiger partial charge in [0.2, 0.25) is 5.91 Å². The first-order valence-electron chi connectivity index (χ1n) is 9.91. The van der Waals surface area contributed by atoms with Crippen molar-refractivity contribution >= 4 is 11.6 Å². The van der Waals surface area contributed by atoms with Gasteiger partial charge in [0.1, 0.15) is 12.3 Å². The van der Waals surface area contributed by atoms with Gasteiger partial charge in [0.25, 0.3) is 5.56 Å². The quantitative estimate of drug-likeness (QED) is 0.801. The number of rotatable bonds is 4. The molecule has 0 N–H and O–H groups in total. The Morgan fingerprint density at radius 2 is 1.86 bits per heavy atom. The molecular weight excluding hydrogens is 356 g/mol. The third-order valence-corrected chi connectivity index (χ3v) is 5.62. The number of hydrogen-bond donors (Lipinski definition) is 0. The van der Waals surface area contributed by atoms with E-state index in [0.29, 0.717) is 13.1 Å². The van der Waals surface area contributed by atoms with E-state index in [2.05, 4.69) is 10.00 Å². The average molecular weight is 382 g/mol. The summed E-state index contributed by atoms with van der Waals surface area (Å²) >= 11 is 0. The SMILES string of the molecule is COc1ccccc1N1CCN(C(=O)Cn2nc3c(cc2=O)CCCC3)CC1. The summed E-state index contributed by atoms with van der Waals surface area (Å²) in [6.07, 6.45) is 4.00. The molecule has 0 unspecified atom stereocenters. The highest BCUT2D eigenvalue weighted by Gasteiger charge is 2.24. The number of carbonyl (C=O) groups excluding carboxylic acids is 1. The standard InChI is InChI=1S/C21H26N4O3/c1-28-19-9-5-4-8-18(19)23-10-12-24(13-11-23)21(27)15-25-20(26)14-16-6-2-3-7-17(16)22-25/h4-5,8-9,14H,2-3,6-7,10-13,15H2,1H3. The molecule has 1 fully saturated rings. The molecule has 1 saturated heterocycles. The van der Waals surface area contributed by atoms with Gasteiger partial charge in [-0.3, -0.25) is 9.59 Å². The van der Waals surface area contributed by atoms with Crippen molar-refractivity contribution in [1.29, 1.82) is 0 Å². The lowest BCUT2D eigenvalue weighted by molar-refractivity contribution is -0.132. The molecule has 1 aromatic carbocycles. The van der Waals surface area contributed by atoms with E-state index >= 15 is 0 Å². The van der Waals surface area contributed by atoms with Gasteiger partial charge in [-0.2, -0.15) is 5.10 Å². The molecule has 1 aromatic heterocycles. The minimum atomic E-state index is -0.179. The number of para-hydroxylation sites is 2. The zero-order valence-electron chi connectivity index (χ0n) is 16.3. The van der Waals surface area contributed by atoms with Crippen LogP contribution in [0.5, 0.6) is 5.75 Å². The van der Waals surface area contributed by atoms with Gasteiger partial charge < -0.3 is 14.5 Å². The monoisotopic (exact) mass is 382 g/mol. The second-order valence-corrected chi connectivity index (χ2v) is 7.36. The van der Waals surface area contributed by atoms with Crippen molar-refractivity contribution in [2.75, 3.05) is 38.2 Å². The summed E-state index contributed by atoms with van der Waals surface area (Å²) in [7, 11) is 1.67. The molecule has 2 heterocycles. The van der Waals surface area contributed by atoms with Crippen molar-refractivity contribution in [2.24, 2.45) is 0 Å². The van der Waals surface area contributed by atoms with Crippen LogP contribution in [-0.2, 0) is 24.2 Å². The molecule has 1 amide bonds. The van der Waals surface area contributed by atoms with Crippen molar-refractivity contribution < 1.29 is 9.53 Å². The number of benzene rings is 1. The number of piperazine rings is 1. The Balaban J connectivity index is 1.40. The lowest BCUT2D eigenvalue weighted by Gasteiger charge is -2.36. The number of aromatic nitrogens is 2. The maximum absolute atomic E-state index is 12.7. The van der Waals surface area contributed by atoms with Crippen molar-refractivity contribution in [3.8, 4) is 5.75 Å². The first kappa shape index (κ1) is 18.5. The maximum atomic E-state index is 12.7. The summed E-state index contributed by atoms with van der Waals surface area (Å²) in [6.45, 7) is 2.73. The number of fused-ring (bicyclic) bond motifs is 1. The average Bonchev–Trinajstić information content (AvgIpc) is 2.74. The first-order chi connectivity index (χ1) is 13.7. The van der Waals surface area contributed by atoms with Crippen LogP contribution in [0.25, 0.3) is 0 Å². The highest BCUT2D eigenvalue weighted by Crippen LogP contribution is 2.28. The predicted octanol–water partition coefficient (Wildman–Crippen LogP) is 1.48. The first-order valence-corrected chi connectivity index (χ1v) is 9.91. The molecule has 0 atom stereocenters. The summed E-state index contributed by atoms with van der Waals surface area (Å²) in [4.78, 5) is 29.1. The minimum absolute atomic E-state index is 0.0147. The number of amides is 1. The van der Waals surface area contributed by atoms with Crippen molar-refractivity contribution in [3.05, 3.63) is 51.9 Å². The van der Waals surface area contributed by atoms with Crippen LogP contribution in [0, 0.1) is 0 Å². The van der Waals surface area contributed by atoms with Gasteiger partial charge in [-0.15, -0.1) is 0 Å². The van der Waals surface area contributed by atoms with E-state index in [0.717, 1.165) is 61.5 Å². The Hall–Kier alpha value is -2.83. The molecular formula is C21H26N4O3. The van der Waals surface area contributed by atoms with Gasteiger partial charge in [-0.05, 0) is 43.4 Å². The third kappa shape index (κ3) is 3.74. The van der Waals surface area contributed by atoms with E-state index in [1.165, 1.54) is 4.68 Å². The van der Waals surface area contributed by atoms with Gasteiger partial charge in [0, 0.05) is 32.2 Å². The zero-order valence-corrected chi connectivity index (χ0v) is 16.3. The van der Waals surface area contributed by atoms with Crippen LogP contribution < -0.4 is 15.2 Å². The number of ether oxygens (including phenoxy) is 1. The Labute approximate surface area is 164 Å². The predicted molar refractivity (Wildman–Crippen MR) is 107 cm³/mol. The number of carbonyl (C=O) groups is 1. The molecule has 1 aliphatic heterocycles. The Bertz CT molecular complexity index is 916. The molecule has 28 heavy (non-hydrogen) atoms. The van der Waals surface area contributed by atoms with Gasteiger partial charge in [0.05, 0.1) is 18.5 Å². The highest BCUT2D eigenvalue weighted by atomic mass is 16.5. The fourth-order valence-corrected chi connectivity index (χ4v) is 4.03. The fraction of sp³-hybridized carbons (Fsp3) is 0.476. The molecule has 0 radical (unpaired) electrons. The summed E-state index contributed by atoms with van der Waals surface area (Å²) in [5.41, 5.74) is 2.89. The van der Waals surface area contributed by atoms with Crippen LogP contribution in [0.1, 0.15) is 24.1 Å². The molecule has 0 bridgehead atoms. The van der Waals surface area contributed by atoms with E-state index in [9.17, 15) is 9.59 Å². The van der Waals surface area contributed by atoms with Crippen LogP contribution in [-0.4, -0.2) is 53.9 Å². The number of nitrogens with zero attached hydrogens (tertiary/aromatic N) is 4. The normalized spacial score (nSPS) is 16.6. The maximum Gasteiger partial charge on any atom is 0.267 e. The van der Waals surface area contributed by atoms with E-state index in [4.69, 9.17) is 4.74 Å². The topological polar surface area (TPSA) is 67.7 Å². The second-order valence-electron chi connectivity index (χ2n) is 7.36. The Morgan fingerprint density at radius 1 is 1.11 bits per heavy atom. The molecule has 7 nitrogen and oxygen atoms in total. The number of anilines is 1. The number of aryl methyl sites for hydroxylation is 2. The second kappa shape index (κ2) is 8.04. The number of methoxy groups -OCH3 is 1. The fourth-order valence-electron chi connectivity index (χ4n) is 4.03. The van der Waals surface area contributed by atoms with Gasteiger partial charge in [-0.1, -0.05) is 12.1 Å². The summed E-state index contributed by atoms with van der Waals surface area (Å²) < 4.78 is 6.77. The van der Waals surface area contributed by atoms with Gasteiger partial charge >= 0.3 is 0 Å². The van der Waals surface area contributed by atoms with Crippen molar-refractivity contribution in [2.45, 2.75) is 32.2 Å². The largest absolute Gasteiger partial charge is 0.495 e. The summed E-state index contributed by atoms with van der Waals surface area (Å²) in [5.74, 6) is 0.789. The molecule has 148 valence electrons. The summed E-state index contributed by atoms with van der Waals surface area (Å²) in [5, 5.41) is 4.46. The van der Waals surface area contributed by atoms with Gasteiger partial charge in [-0.25, -0.2) is 4.68 Å². The Morgan fingerprint density at radius 3 is 2.64 bits per heavy atom. The van der Waals surface area contributed by atoms with Crippen molar-refractivity contribution in [1.82, 2.24) is 14.7 Å². The van der Waals surface area contributed by atoms with Crippen LogP contribution in [0.15, 0.2) is 35.1 Å². The molecule has 7 heteroatoms. The molecule has 2 aliphatic rings. The lowest BCUT2D eigenvalue weighted by Crippen LogP contribution is -2.50. The zero-order chi connectivity index (χ0) is 19.5. The molecule has 4 rings (SSSR count). The van der Waals surface area contributed by atoms with Crippen molar-refractivity contribution in [3.63, 3.8) is 0 Å². The van der Waals surface area contributed by atoms with Gasteiger partial charge in [0.15, 0.2) is 0 Å². The van der Waals surface area contributed by atoms with E-state index in [1.807, 2.05) is 29.2 Å². The lowest BCUT2D eigenvalue weighted by atomic mass is 9.97. The van der Waals surface area contributed by atoms with E-state index < -0.39 is 0 Å². The van der Waals surface area contributed by atoms with E-state index in [1.54, 1.807) is 13.2 Å². The van der Waals surface area contributed by atoms with Crippen LogP contribution in [0.2, 0.25) is 0 Å². The number of hydrogen-bond acceptors (Lipinski definition) is 5. The minimum Gasteiger partial charge on any atom is -0.495 e. The summed E-state index contributed by atoms with van der Waals surface area (Å²) in [6, 6.07) is 9.58. The molecule has 2 aromatic rings. The van der Waals surface area contributed by atoms with Crippen LogP contribution in [0.3, 0.4) is 0 Å². The van der Waals surface area contributed by atoms with E-state index in [-0.39, 0.29) is 18.0 Å². The van der Waals surface area contributed by atoms with Crippen LogP contribution in [0.4, 0.5) is 5.69 Å².